The molecule has 0 unspecified atom stereocenters. The van der Waals surface area contributed by atoms with Gasteiger partial charge >= 0.3 is 5.97 Å². The molecule has 0 saturated carbocycles. The van der Waals surface area contributed by atoms with E-state index < -0.39 is 23.8 Å². The van der Waals surface area contributed by atoms with Crippen LogP contribution in [0.15, 0.2) is 78.9 Å². The van der Waals surface area contributed by atoms with Crippen molar-refractivity contribution in [3.63, 3.8) is 0 Å². The summed E-state index contributed by atoms with van der Waals surface area (Å²) in [6.07, 6.45) is -1.08. The maximum absolute atomic E-state index is 13.2. The van der Waals surface area contributed by atoms with Crippen LogP contribution in [0.3, 0.4) is 0 Å². The lowest BCUT2D eigenvalue weighted by Crippen LogP contribution is -2.30. The number of hydrogen-bond acceptors (Lipinski definition) is 3. The summed E-state index contributed by atoms with van der Waals surface area (Å²) in [5.41, 5.74) is 2.96. The number of ether oxygens (including phenoxy) is 1. The second-order valence-electron chi connectivity index (χ2n) is 6.34. The highest BCUT2D eigenvalue weighted by Crippen LogP contribution is 2.27. The topological polar surface area (TPSA) is 55.4 Å². The maximum atomic E-state index is 13.2. The largest absolute Gasteiger partial charge is 0.452 e. The second kappa shape index (κ2) is 8.95. The van der Waals surface area contributed by atoms with Crippen molar-refractivity contribution in [2.75, 3.05) is 5.32 Å². The number of halogens is 1. The first-order valence-corrected chi connectivity index (χ1v) is 8.92. The summed E-state index contributed by atoms with van der Waals surface area (Å²) in [5, 5.41) is 2.81. The number of esters is 1. The molecule has 1 amide bonds. The third kappa shape index (κ3) is 5.04. The summed E-state index contributed by atoms with van der Waals surface area (Å²) in [7, 11) is 0. The number of para-hydroxylation sites is 1. The highest BCUT2D eigenvalue weighted by atomic mass is 19.1. The third-order valence-electron chi connectivity index (χ3n) is 4.18. The van der Waals surface area contributed by atoms with Crippen molar-refractivity contribution in [2.45, 2.75) is 19.4 Å². The highest BCUT2D eigenvalue weighted by molar-refractivity contribution is 5.98. The lowest BCUT2D eigenvalue weighted by molar-refractivity contribution is -0.152. The van der Waals surface area contributed by atoms with Gasteiger partial charge in [0.15, 0.2) is 6.10 Å². The van der Waals surface area contributed by atoms with Gasteiger partial charge in [-0.15, -0.1) is 0 Å². The molecule has 1 atom stereocenters. The molecule has 1 N–H and O–H groups in total. The van der Waals surface area contributed by atoms with Gasteiger partial charge < -0.3 is 10.1 Å². The summed E-state index contributed by atoms with van der Waals surface area (Å²) in [5.74, 6) is -1.45. The Kier molecular flexibility index (Phi) is 6.17. The summed E-state index contributed by atoms with van der Waals surface area (Å²) < 4.78 is 18.4. The van der Waals surface area contributed by atoms with Gasteiger partial charge in [-0.3, -0.25) is 9.59 Å². The van der Waals surface area contributed by atoms with Gasteiger partial charge in [-0.05, 0) is 36.2 Å². The Hall–Kier alpha value is -3.47. The normalized spacial score (nSPS) is 11.5. The van der Waals surface area contributed by atoms with Crippen LogP contribution in [0.1, 0.15) is 12.5 Å². The van der Waals surface area contributed by atoms with Crippen LogP contribution in [0.2, 0.25) is 0 Å². The number of benzene rings is 3. The van der Waals surface area contributed by atoms with Crippen LogP contribution in [-0.2, 0) is 20.7 Å². The molecule has 3 rings (SSSR count). The standard InChI is InChI=1S/C23H20FNO3/c1-16(28-22(26)15-17-8-7-11-19(24)14-17)23(27)25-21-13-6-5-12-20(21)18-9-3-2-4-10-18/h2-14,16H,15H2,1H3,(H,25,27)/t16-/m0/s1. The number of rotatable bonds is 6. The predicted octanol–water partition coefficient (Wildman–Crippen LogP) is 4.61. The first kappa shape index (κ1) is 19.3. The van der Waals surface area contributed by atoms with Gasteiger partial charge in [-0.25, -0.2) is 4.39 Å². The van der Waals surface area contributed by atoms with Crippen molar-refractivity contribution in [3.05, 3.63) is 90.2 Å². The minimum atomic E-state index is -0.982. The van der Waals surface area contributed by atoms with Crippen LogP contribution in [0.4, 0.5) is 10.1 Å². The number of hydrogen-bond donors (Lipinski definition) is 1. The second-order valence-corrected chi connectivity index (χ2v) is 6.34. The van der Waals surface area contributed by atoms with Crippen LogP contribution >= 0.6 is 0 Å². The number of amides is 1. The van der Waals surface area contributed by atoms with Gasteiger partial charge in [-0.1, -0.05) is 60.7 Å². The molecule has 0 spiro atoms. The van der Waals surface area contributed by atoms with Crippen molar-refractivity contribution in [2.24, 2.45) is 0 Å². The molecule has 5 heteroatoms. The van der Waals surface area contributed by atoms with Gasteiger partial charge in [0.05, 0.1) is 6.42 Å². The molecule has 142 valence electrons. The molecule has 0 aliphatic carbocycles. The van der Waals surface area contributed by atoms with Gasteiger partial charge in [0.2, 0.25) is 0 Å². The van der Waals surface area contributed by atoms with Crippen LogP contribution < -0.4 is 5.32 Å². The number of nitrogens with one attached hydrogen (secondary N) is 1. The Morgan fingerprint density at radius 1 is 0.964 bits per heavy atom. The monoisotopic (exact) mass is 377 g/mol. The summed E-state index contributed by atoms with van der Waals surface area (Å²) in [6, 6.07) is 22.8. The van der Waals surface area contributed by atoms with E-state index in [1.165, 1.54) is 25.1 Å². The van der Waals surface area contributed by atoms with E-state index in [1.54, 1.807) is 12.1 Å². The minimum Gasteiger partial charge on any atom is -0.452 e. The average Bonchev–Trinajstić information content (AvgIpc) is 2.69. The molecule has 0 aliphatic rings. The third-order valence-corrected chi connectivity index (χ3v) is 4.18. The molecular formula is C23H20FNO3. The molecule has 3 aromatic rings. The van der Waals surface area contributed by atoms with E-state index >= 15 is 0 Å². The Morgan fingerprint density at radius 2 is 1.68 bits per heavy atom. The Labute approximate surface area is 163 Å². The summed E-state index contributed by atoms with van der Waals surface area (Å²) >= 11 is 0. The molecule has 0 fully saturated rings. The van der Waals surface area contributed by atoms with E-state index in [0.29, 0.717) is 11.3 Å². The van der Waals surface area contributed by atoms with Gasteiger partial charge in [-0.2, -0.15) is 0 Å². The lowest BCUT2D eigenvalue weighted by Gasteiger charge is -2.16. The Bertz CT molecular complexity index is 972. The molecule has 3 aromatic carbocycles. The zero-order valence-corrected chi connectivity index (χ0v) is 15.4. The van der Waals surface area contributed by atoms with E-state index in [4.69, 9.17) is 4.74 Å². The Balaban J connectivity index is 1.64. The van der Waals surface area contributed by atoms with E-state index in [0.717, 1.165) is 11.1 Å². The fraction of sp³-hybridized carbons (Fsp3) is 0.130. The van der Waals surface area contributed by atoms with Gasteiger partial charge in [0, 0.05) is 11.3 Å². The minimum absolute atomic E-state index is 0.101. The van der Waals surface area contributed by atoms with Crippen molar-refractivity contribution >= 4 is 17.6 Å². The first-order valence-electron chi connectivity index (χ1n) is 8.92. The Morgan fingerprint density at radius 3 is 2.43 bits per heavy atom. The number of carbonyl (C=O) groups is 2. The molecule has 0 aromatic heterocycles. The molecule has 4 nitrogen and oxygen atoms in total. The van der Waals surface area contributed by atoms with E-state index in [9.17, 15) is 14.0 Å². The van der Waals surface area contributed by atoms with Crippen molar-refractivity contribution in [1.29, 1.82) is 0 Å². The zero-order valence-electron chi connectivity index (χ0n) is 15.4. The molecule has 0 radical (unpaired) electrons. The zero-order chi connectivity index (χ0) is 19.9. The maximum Gasteiger partial charge on any atom is 0.311 e. The lowest BCUT2D eigenvalue weighted by atomic mass is 10.0. The molecule has 0 saturated heterocycles. The average molecular weight is 377 g/mol. The molecule has 0 aliphatic heterocycles. The molecule has 0 bridgehead atoms. The van der Waals surface area contributed by atoms with Crippen LogP contribution in [0, 0.1) is 5.82 Å². The fourth-order valence-corrected chi connectivity index (χ4v) is 2.80. The van der Waals surface area contributed by atoms with Gasteiger partial charge in [0.1, 0.15) is 5.82 Å². The molecular weight excluding hydrogens is 357 g/mol. The van der Waals surface area contributed by atoms with Crippen LogP contribution in [-0.4, -0.2) is 18.0 Å². The van der Waals surface area contributed by atoms with Crippen molar-refractivity contribution in [3.8, 4) is 11.1 Å². The summed E-state index contributed by atoms with van der Waals surface area (Å²) in [6.45, 7) is 1.50. The van der Waals surface area contributed by atoms with Crippen molar-refractivity contribution in [1.82, 2.24) is 0 Å². The smallest absolute Gasteiger partial charge is 0.311 e. The quantitative estimate of drug-likeness (QED) is 0.639. The van der Waals surface area contributed by atoms with E-state index in [2.05, 4.69) is 5.32 Å². The predicted molar refractivity (Wildman–Crippen MR) is 106 cm³/mol. The highest BCUT2D eigenvalue weighted by Gasteiger charge is 2.19. The first-order chi connectivity index (χ1) is 13.5. The molecule has 28 heavy (non-hydrogen) atoms. The van der Waals surface area contributed by atoms with Gasteiger partial charge in [0.25, 0.3) is 5.91 Å². The van der Waals surface area contributed by atoms with Crippen LogP contribution in [0.5, 0.6) is 0 Å². The van der Waals surface area contributed by atoms with Crippen molar-refractivity contribution < 1.29 is 18.7 Å². The van der Waals surface area contributed by atoms with Crippen LogP contribution in [0.25, 0.3) is 11.1 Å². The SMILES string of the molecule is C[C@H](OC(=O)Cc1cccc(F)c1)C(=O)Nc1ccccc1-c1ccccc1. The van der Waals surface area contributed by atoms with E-state index in [1.807, 2.05) is 48.5 Å². The summed E-state index contributed by atoms with van der Waals surface area (Å²) in [4.78, 5) is 24.5. The molecule has 0 heterocycles. The number of carbonyl (C=O) groups excluding carboxylic acids is 2. The van der Waals surface area contributed by atoms with E-state index in [-0.39, 0.29) is 6.42 Å². The number of anilines is 1. The fourth-order valence-electron chi connectivity index (χ4n) is 2.80.